The molecule has 1 unspecified atom stereocenters. The SMILES string of the molecule is CC(C)C(N)=NC1=NN=C(C(C)(C)C)C1c1c(C(C)(C)C)nn2nc(C(C)C)n(C)c12. The van der Waals surface area contributed by atoms with Gasteiger partial charge in [0.25, 0.3) is 0 Å². The molecule has 0 radical (unpaired) electrons. The van der Waals surface area contributed by atoms with Crippen LogP contribution in [0, 0.1) is 11.3 Å². The van der Waals surface area contributed by atoms with Crippen LogP contribution in [0.1, 0.15) is 98.2 Å². The lowest BCUT2D eigenvalue weighted by Crippen LogP contribution is -2.32. The third-order valence-electron chi connectivity index (χ3n) is 5.65. The molecule has 8 heteroatoms. The Bertz CT molecular complexity index is 1080. The van der Waals surface area contributed by atoms with Crippen molar-refractivity contribution in [2.45, 2.75) is 86.5 Å². The fourth-order valence-electron chi connectivity index (χ4n) is 3.93. The van der Waals surface area contributed by atoms with Gasteiger partial charge in [-0.05, 0) is 0 Å². The first-order valence-electron chi connectivity index (χ1n) is 11.1. The minimum absolute atomic E-state index is 0.126. The second-order valence-corrected chi connectivity index (χ2v) is 11.2. The van der Waals surface area contributed by atoms with Crippen molar-refractivity contribution in [2.24, 2.45) is 39.3 Å². The third-order valence-corrected chi connectivity index (χ3v) is 5.65. The quantitative estimate of drug-likeness (QED) is 0.582. The van der Waals surface area contributed by atoms with Crippen LogP contribution in [0.3, 0.4) is 0 Å². The van der Waals surface area contributed by atoms with Gasteiger partial charge in [-0.3, -0.25) is 0 Å². The molecule has 31 heavy (non-hydrogen) atoms. The van der Waals surface area contributed by atoms with Gasteiger partial charge in [0.1, 0.15) is 11.7 Å². The maximum atomic E-state index is 6.26. The second-order valence-electron chi connectivity index (χ2n) is 11.2. The fraction of sp³-hybridized carbons (Fsp3) is 0.696. The molecule has 0 aromatic carbocycles. The molecule has 0 fully saturated rings. The molecule has 0 saturated carbocycles. The summed E-state index contributed by atoms with van der Waals surface area (Å²) in [7, 11) is 2.06. The van der Waals surface area contributed by atoms with Crippen LogP contribution in [0.2, 0.25) is 0 Å². The minimum atomic E-state index is -0.223. The van der Waals surface area contributed by atoms with Gasteiger partial charge in [-0.15, -0.1) is 14.8 Å². The first-order chi connectivity index (χ1) is 14.1. The van der Waals surface area contributed by atoms with Crippen molar-refractivity contribution in [1.29, 1.82) is 0 Å². The summed E-state index contributed by atoms with van der Waals surface area (Å²) in [5, 5.41) is 18.9. The highest BCUT2D eigenvalue weighted by atomic mass is 15.5. The van der Waals surface area contributed by atoms with Crippen LogP contribution in [-0.2, 0) is 12.5 Å². The van der Waals surface area contributed by atoms with Gasteiger partial charge in [-0.1, -0.05) is 69.2 Å². The second kappa shape index (κ2) is 7.57. The normalized spacial score (nSPS) is 18.5. The predicted octanol–water partition coefficient (Wildman–Crippen LogP) is 4.40. The Morgan fingerprint density at radius 2 is 1.58 bits per heavy atom. The lowest BCUT2D eigenvalue weighted by Gasteiger charge is -2.27. The van der Waals surface area contributed by atoms with E-state index in [4.69, 9.17) is 20.9 Å². The molecule has 2 aromatic rings. The molecule has 0 bridgehead atoms. The molecule has 0 saturated heterocycles. The van der Waals surface area contributed by atoms with E-state index in [9.17, 15) is 0 Å². The van der Waals surface area contributed by atoms with Gasteiger partial charge < -0.3 is 10.3 Å². The highest BCUT2D eigenvalue weighted by molar-refractivity contribution is 6.19. The van der Waals surface area contributed by atoms with E-state index < -0.39 is 0 Å². The lowest BCUT2D eigenvalue weighted by atomic mass is 9.76. The predicted molar refractivity (Wildman–Crippen MR) is 128 cm³/mol. The molecule has 3 rings (SSSR count). The van der Waals surface area contributed by atoms with Crippen LogP contribution >= 0.6 is 0 Å². The molecule has 2 aromatic heterocycles. The molecular formula is C23H38N8. The van der Waals surface area contributed by atoms with Crippen LogP contribution in [0.4, 0.5) is 0 Å². The number of nitrogens with two attached hydrogens (primary N) is 1. The monoisotopic (exact) mass is 426 g/mol. The van der Waals surface area contributed by atoms with Crippen molar-refractivity contribution >= 4 is 23.0 Å². The largest absolute Gasteiger partial charge is 0.387 e. The number of hydrogen-bond acceptors (Lipinski definition) is 5. The van der Waals surface area contributed by atoms with Gasteiger partial charge in [0, 0.05) is 35.3 Å². The van der Waals surface area contributed by atoms with E-state index in [1.54, 1.807) is 4.63 Å². The van der Waals surface area contributed by atoms with E-state index in [1.165, 1.54) is 0 Å². The van der Waals surface area contributed by atoms with Gasteiger partial charge >= 0.3 is 0 Å². The van der Waals surface area contributed by atoms with Gasteiger partial charge in [-0.2, -0.15) is 10.2 Å². The van der Waals surface area contributed by atoms with E-state index in [0.717, 1.165) is 28.4 Å². The number of aryl methyl sites for hydroxylation is 1. The molecule has 8 nitrogen and oxygen atoms in total. The first-order valence-corrected chi connectivity index (χ1v) is 11.1. The van der Waals surface area contributed by atoms with Gasteiger partial charge in [-0.25, -0.2) is 4.99 Å². The number of fused-ring (bicyclic) bond motifs is 1. The number of aliphatic imine (C=N–C) groups is 1. The number of amidine groups is 2. The van der Waals surface area contributed by atoms with Crippen LogP contribution in [0.15, 0.2) is 15.2 Å². The molecule has 3 heterocycles. The van der Waals surface area contributed by atoms with Gasteiger partial charge in [0.15, 0.2) is 11.5 Å². The van der Waals surface area contributed by atoms with Crippen LogP contribution in [0.25, 0.3) is 5.65 Å². The van der Waals surface area contributed by atoms with E-state index in [0.29, 0.717) is 11.7 Å². The highest BCUT2D eigenvalue weighted by Gasteiger charge is 2.42. The zero-order valence-corrected chi connectivity index (χ0v) is 20.9. The van der Waals surface area contributed by atoms with E-state index in [1.807, 2.05) is 13.8 Å². The number of rotatable bonds is 3. The summed E-state index contributed by atoms with van der Waals surface area (Å²) in [5.74, 6) is 2.35. The Labute approximate surface area is 185 Å². The van der Waals surface area contributed by atoms with Crippen molar-refractivity contribution in [3.05, 3.63) is 17.1 Å². The van der Waals surface area contributed by atoms with Crippen molar-refractivity contribution < 1.29 is 0 Å². The van der Waals surface area contributed by atoms with Crippen molar-refractivity contribution in [3.8, 4) is 0 Å². The molecule has 0 aliphatic carbocycles. The van der Waals surface area contributed by atoms with Crippen LogP contribution in [0.5, 0.6) is 0 Å². The Balaban J connectivity index is 2.37. The van der Waals surface area contributed by atoms with Gasteiger partial charge in [0.2, 0.25) is 0 Å². The summed E-state index contributed by atoms with van der Waals surface area (Å²) in [6, 6.07) is 0. The maximum Gasteiger partial charge on any atom is 0.166 e. The Kier molecular flexibility index (Phi) is 5.65. The Morgan fingerprint density at radius 1 is 0.968 bits per heavy atom. The molecule has 170 valence electrons. The maximum absolute atomic E-state index is 6.26. The molecule has 2 N–H and O–H groups in total. The summed E-state index contributed by atoms with van der Waals surface area (Å²) < 4.78 is 3.92. The summed E-state index contributed by atoms with van der Waals surface area (Å²) >= 11 is 0. The summed E-state index contributed by atoms with van der Waals surface area (Å²) in [6.07, 6.45) is 0. The summed E-state index contributed by atoms with van der Waals surface area (Å²) in [5.41, 5.74) is 9.85. The minimum Gasteiger partial charge on any atom is -0.387 e. The molecule has 0 spiro atoms. The van der Waals surface area contributed by atoms with E-state index in [-0.39, 0.29) is 28.6 Å². The zero-order valence-electron chi connectivity index (χ0n) is 20.9. The van der Waals surface area contributed by atoms with Crippen LogP contribution in [-0.4, -0.2) is 36.8 Å². The first kappa shape index (κ1) is 23.2. The average Bonchev–Trinajstić information content (AvgIpc) is 3.26. The highest BCUT2D eigenvalue weighted by Crippen LogP contribution is 2.41. The average molecular weight is 427 g/mol. The number of nitrogens with zero attached hydrogens (tertiary/aromatic N) is 7. The Hall–Kier alpha value is -2.51. The number of hydrogen-bond donors (Lipinski definition) is 1. The topological polar surface area (TPSA) is 98.2 Å². The lowest BCUT2D eigenvalue weighted by molar-refractivity contribution is 0.545. The molecule has 1 aliphatic heterocycles. The fourth-order valence-corrected chi connectivity index (χ4v) is 3.93. The Morgan fingerprint density at radius 3 is 2.06 bits per heavy atom. The number of aromatic nitrogens is 4. The van der Waals surface area contributed by atoms with Crippen LogP contribution < -0.4 is 5.73 Å². The van der Waals surface area contributed by atoms with E-state index in [2.05, 4.69) is 77.2 Å². The molecular weight excluding hydrogens is 388 g/mol. The standard InChI is InChI=1S/C23H38N8/c1-12(2)18(24)25-19-14(16(26-27-19)22(5,6)7)15-17(23(8,9)10)28-31-21(15)30(11)20(29-31)13(3)4/h12-14H,1-11H3,(H2,24,25,27). The van der Waals surface area contributed by atoms with Crippen molar-refractivity contribution in [1.82, 2.24) is 19.4 Å². The molecule has 1 aliphatic rings. The van der Waals surface area contributed by atoms with Crippen molar-refractivity contribution in [2.75, 3.05) is 0 Å². The van der Waals surface area contributed by atoms with Gasteiger partial charge in [0.05, 0.1) is 17.3 Å². The molecule has 1 atom stereocenters. The zero-order chi connectivity index (χ0) is 23.5. The summed E-state index contributed by atoms with van der Waals surface area (Å²) in [4.78, 5) is 4.74. The summed E-state index contributed by atoms with van der Waals surface area (Å²) in [6.45, 7) is 21.3. The van der Waals surface area contributed by atoms with Crippen molar-refractivity contribution in [3.63, 3.8) is 0 Å². The van der Waals surface area contributed by atoms with E-state index >= 15 is 0 Å². The smallest absolute Gasteiger partial charge is 0.166 e. The molecule has 0 amide bonds. The third kappa shape index (κ3) is 4.04.